The van der Waals surface area contributed by atoms with Crippen molar-refractivity contribution >= 4 is 15.9 Å². The molecule has 138 valence electrons. The van der Waals surface area contributed by atoms with Crippen LogP contribution in [0.3, 0.4) is 0 Å². The number of sulfonamides is 1. The Morgan fingerprint density at radius 2 is 1.96 bits per heavy atom. The highest BCUT2D eigenvalue weighted by atomic mass is 32.2. The lowest BCUT2D eigenvalue weighted by Crippen LogP contribution is -2.47. The van der Waals surface area contributed by atoms with E-state index in [2.05, 4.69) is 0 Å². The van der Waals surface area contributed by atoms with Gasteiger partial charge in [0.15, 0.2) is 11.5 Å². The standard InChI is InChI=1S/C17H24N2O5S/c1-13-5-3-4-8-19(13)17(20)12-18(2)25(21,22)14-6-7-15-16(11-14)24-10-9-23-15/h6-7,11,13H,3-5,8-10,12H2,1-2H3/t13-/m0/s1. The van der Waals surface area contributed by atoms with Gasteiger partial charge in [-0.2, -0.15) is 4.31 Å². The fourth-order valence-electron chi connectivity index (χ4n) is 3.20. The molecule has 0 unspecified atom stereocenters. The number of hydrogen-bond acceptors (Lipinski definition) is 5. The molecule has 1 aromatic rings. The molecule has 0 radical (unpaired) electrons. The van der Waals surface area contributed by atoms with Crippen molar-refractivity contribution in [2.45, 2.75) is 37.1 Å². The highest BCUT2D eigenvalue weighted by Gasteiger charge is 2.29. The van der Waals surface area contributed by atoms with Crippen molar-refractivity contribution < 1.29 is 22.7 Å². The van der Waals surface area contributed by atoms with Gasteiger partial charge in [-0.15, -0.1) is 0 Å². The van der Waals surface area contributed by atoms with Gasteiger partial charge in [0, 0.05) is 25.7 Å². The first-order valence-corrected chi connectivity index (χ1v) is 9.99. The summed E-state index contributed by atoms with van der Waals surface area (Å²) in [4.78, 5) is 14.4. The molecule has 0 spiro atoms. The Morgan fingerprint density at radius 3 is 2.68 bits per heavy atom. The van der Waals surface area contributed by atoms with E-state index >= 15 is 0 Å². The smallest absolute Gasteiger partial charge is 0.243 e. The lowest BCUT2D eigenvalue weighted by atomic mass is 10.0. The van der Waals surface area contributed by atoms with Crippen LogP contribution in [-0.4, -0.2) is 62.9 Å². The van der Waals surface area contributed by atoms with Crippen LogP contribution in [0, 0.1) is 0 Å². The first-order chi connectivity index (χ1) is 11.9. The molecule has 0 bridgehead atoms. The fraction of sp³-hybridized carbons (Fsp3) is 0.588. The maximum atomic E-state index is 12.8. The zero-order valence-electron chi connectivity index (χ0n) is 14.6. The first kappa shape index (κ1) is 18.0. The zero-order valence-corrected chi connectivity index (χ0v) is 15.4. The molecule has 0 N–H and O–H groups in total. The first-order valence-electron chi connectivity index (χ1n) is 8.55. The highest BCUT2D eigenvalue weighted by molar-refractivity contribution is 7.89. The molecule has 8 heteroatoms. The van der Waals surface area contributed by atoms with Gasteiger partial charge in [-0.3, -0.25) is 4.79 Å². The molecule has 2 heterocycles. The van der Waals surface area contributed by atoms with Crippen molar-refractivity contribution in [2.75, 3.05) is 33.4 Å². The number of fused-ring (bicyclic) bond motifs is 1. The normalized spacial score (nSPS) is 20.6. The van der Waals surface area contributed by atoms with Crippen molar-refractivity contribution in [3.63, 3.8) is 0 Å². The minimum absolute atomic E-state index is 0.0961. The molecule has 2 aliphatic heterocycles. The summed E-state index contributed by atoms with van der Waals surface area (Å²) in [5, 5.41) is 0. The number of likely N-dealkylation sites (tertiary alicyclic amines) is 1. The molecular formula is C17H24N2O5S. The van der Waals surface area contributed by atoms with Crippen molar-refractivity contribution in [3.8, 4) is 11.5 Å². The van der Waals surface area contributed by atoms with E-state index < -0.39 is 10.0 Å². The Morgan fingerprint density at radius 1 is 1.24 bits per heavy atom. The molecule has 1 atom stereocenters. The molecule has 1 saturated heterocycles. The molecule has 1 fully saturated rings. The predicted molar refractivity (Wildman–Crippen MR) is 92.3 cm³/mol. The van der Waals surface area contributed by atoms with E-state index in [4.69, 9.17) is 9.47 Å². The number of amides is 1. The molecule has 0 aromatic heterocycles. The van der Waals surface area contributed by atoms with Gasteiger partial charge in [0.25, 0.3) is 0 Å². The van der Waals surface area contributed by atoms with Crippen LogP contribution in [0.5, 0.6) is 11.5 Å². The molecule has 1 amide bonds. The predicted octanol–water partition coefficient (Wildman–Crippen LogP) is 1.48. The van der Waals surface area contributed by atoms with Crippen LogP contribution in [0.2, 0.25) is 0 Å². The topological polar surface area (TPSA) is 76.2 Å². The minimum atomic E-state index is -3.77. The average molecular weight is 368 g/mol. The average Bonchev–Trinajstić information content (AvgIpc) is 2.61. The van der Waals surface area contributed by atoms with Crippen LogP contribution in [0.4, 0.5) is 0 Å². The number of rotatable bonds is 4. The number of benzene rings is 1. The zero-order chi connectivity index (χ0) is 18.0. The summed E-state index contributed by atoms with van der Waals surface area (Å²) < 4.78 is 37.5. The van der Waals surface area contributed by atoms with Gasteiger partial charge in [-0.1, -0.05) is 0 Å². The molecule has 1 aromatic carbocycles. The summed E-state index contributed by atoms with van der Waals surface area (Å²) in [6.07, 6.45) is 3.04. The quantitative estimate of drug-likeness (QED) is 0.805. The van der Waals surface area contributed by atoms with E-state index in [1.54, 1.807) is 11.0 Å². The fourth-order valence-corrected chi connectivity index (χ4v) is 4.34. The lowest BCUT2D eigenvalue weighted by Gasteiger charge is -2.34. The minimum Gasteiger partial charge on any atom is -0.486 e. The SMILES string of the molecule is C[C@H]1CCCCN1C(=O)CN(C)S(=O)(=O)c1ccc2c(c1)OCCO2. The second-order valence-corrected chi connectivity index (χ2v) is 8.54. The van der Waals surface area contributed by atoms with Crippen LogP contribution in [0.25, 0.3) is 0 Å². The van der Waals surface area contributed by atoms with Gasteiger partial charge >= 0.3 is 0 Å². The summed E-state index contributed by atoms with van der Waals surface area (Å²) in [5.41, 5.74) is 0. The Kier molecular flexibility index (Phi) is 5.19. The van der Waals surface area contributed by atoms with Crippen LogP contribution in [0.1, 0.15) is 26.2 Å². The molecule has 0 aliphatic carbocycles. The maximum Gasteiger partial charge on any atom is 0.243 e. The van der Waals surface area contributed by atoms with E-state index in [-0.39, 0.29) is 23.4 Å². The van der Waals surface area contributed by atoms with Crippen LogP contribution in [0.15, 0.2) is 23.1 Å². The van der Waals surface area contributed by atoms with Crippen molar-refractivity contribution in [1.82, 2.24) is 9.21 Å². The Bertz CT molecular complexity index is 749. The second kappa shape index (κ2) is 7.21. The summed E-state index contributed by atoms with van der Waals surface area (Å²) >= 11 is 0. The number of carbonyl (C=O) groups is 1. The van der Waals surface area contributed by atoms with Crippen LogP contribution in [-0.2, 0) is 14.8 Å². The molecule has 25 heavy (non-hydrogen) atoms. The van der Waals surface area contributed by atoms with Crippen molar-refractivity contribution in [2.24, 2.45) is 0 Å². The second-order valence-electron chi connectivity index (χ2n) is 6.50. The van der Waals surface area contributed by atoms with E-state index in [0.29, 0.717) is 31.3 Å². The largest absolute Gasteiger partial charge is 0.486 e. The van der Waals surface area contributed by atoms with Gasteiger partial charge < -0.3 is 14.4 Å². The molecule has 3 rings (SSSR count). The highest BCUT2D eigenvalue weighted by Crippen LogP contribution is 2.33. The van der Waals surface area contributed by atoms with Gasteiger partial charge in [0.05, 0.1) is 11.4 Å². The number of hydrogen-bond donors (Lipinski definition) is 0. The van der Waals surface area contributed by atoms with Crippen LogP contribution < -0.4 is 9.47 Å². The van der Waals surface area contributed by atoms with Crippen molar-refractivity contribution in [1.29, 1.82) is 0 Å². The Balaban J connectivity index is 1.74. The lowest BCUT2D eigenvalue weighted by molar-refractivity contribution is -0.134. The third-order valence-electron chi connectivity index (χ3n) is 4.70. The number of nitrogens with zero attached hydrogens (tertiary/aromatic N) is 2. The summed E-state index contributed by atoms with van der Waals surface area (Å²) in [6.45, 7) is 3.37. The number of piperidine rings is 1. The van der Waals surface area contributed by atoms with E-state index in [0.717, 1.165) is 23.6 Å². The molecule has 2 aliphatic rings. The van der Waals surface area contributed by atoms with Gasteiger partial charge in [0.2, 0.25) is 15.9 Å². The number of ether oxygens (including phenoxy) is 2. The van der Waals surface area contributed by atoms with Gasteiger partial charge in [-0.05, 0) is 38.3 Å². The summed E-state index contributed by atoms with van der Waals surface area (Å²) in [5.74, 6) is 0.790. The van der Waals surface area contributed by atoms with Crippen LogP contribution >= 0.6 is 0 Å². The Hall–Kier alpha value is -1.80. The van der Waals surface area contributed by atoms with E-state index in [9.17, 15) is 13.2 Å². The molecule has 0 saturated carbocycles. The number of likely N-dealkylation sites (N-methyl/N-ethyl adjacent to an activating group) is 1. The van der Waals surface area contributed by atoms with Crippen molar-refractivity contribution in [3.05, 3.63) is 18.2 Å². The van der Waals surface area contributed by atoms with Gasteiger partial charge in [-0.25, -0.2) is 8.42 Å². The Labute approximate surface area is 148 Å². The third-order valence-corrected chi connectivity index (χ3v) is 6.50. The summed E-state index contributed by atoms with van der Waals surface area (Å²) in [7, 11) is -2.34. The maximum absolute atomic E-state index is 12.8. The molecule has 7 nitrogen and oxygen atoms in total. The van der Waals surface area contributed by atoms with Gasteiger partial charge in [0.1, 0.15) is 13.2 Å². The van der Waals surface area contributed by atoms with E-state index in [1.165, 1.54) is 19.2 Å². The molecular weight excluding hydrogens is 344 g/mol. The summed E-state index contributed by atoms with van der Waals surface area (Å²) in [6, 6.07) is 4.68. The monoisotopic (exact) mass is 368 g/mol. The third kappa shape index (κ3) is 3.74. The number of carbonyl (C=O) groups excluding carboxylic acids is 1. The van der Waals surface area contributed by atoms with E-state index in [1.807, 2.05) is 6.92 Å².